The number of amidine groups is 2. The topological polar surface area (TPSA) is 41.7 Å². The van der Waals surface area contributed by atoms with Crippen molar-refractivity contribution in [3.05, 3.63) is 187 Å². The second kappa shape index (κ2) is 11.7. The predicted octanol–water partition coefficient (Wildman–Crippen LogP) is 11.3. The van der Waals surface area contributed by atoms with E-state index >= 15 is 0 Å². The maximum Gasteiger partial charge on any atom is 0.159 e. The summed E-state index contributed by atoms with van der Waals surface area (Å²) in [5.74, 6) is 1.53. The zero-order valence-corrected chi connectivity index (χ0v) is 27.8. The fourth-order valence-corrected chi connectivity index (χ4v) is 8.52. The smallest absolute Gasteiger partial charge is 0.159 e. The van der Waals surface area contributed by atoms with Crippen LogP contribution in [0.25, 0.3) is 58.8 Å². The fraction of sp³-hybridized carbons (Fsp3) is 0.0222. The van der Waals surface area contributed by atoms with E-state index in [-0.39, 0.29) is 6.17 Å². The first kappa shape index (κ1) is 28.7. The van der Waals surface area contributed by atoms with Crippen molar-refractivity contribution in [3.8, 4) is 16.8 Å². The van der Waals surface area contributed by atoms with E-state index in [9.17, 15) is 0 Å². The Morgan fingerprint density at radius 2 is 1.18 bits per heavy atom. The van der Waals surface area contributed by atoms with Gasteiger partial charge in [-0.05, 0) is 59.2 Å². The lowest BCUT2D eigenvalue weighted by atomic mass is 10.0. The van der Waals surface area contributed by atoms with Crippen LogP contribution < -0.4 is 5.32 Å². The van der Waals surface area contributed by atoms with E-state index in [1.807, 2.05) is 35.6 Å². The summed E-state index contributed by atoms with van der Waals surface area (Å²) in [6.07, 6.45) is -0.240. The minimum atomic E-state index is -0.240. The first-order chi connectivity index (χ1) is 24.8. The second-order valence-electron chi connectivity index (χ2n) is 12.7. The first-order valence-corrected chi connectivity index (χ1v) is 17.7. The van der Waals surface area contributed by atoms with Gasteiger partial charge in [0.1, 0.15) is 12.0 Å². The van der Waals surface area contributed by atoms with Crippen LogP contribution in [-0.2, 0) is 0 Å². The van der Waals surface area contributed by atoms with Crippen LogP contribution in [0.3, 0.4) is 0 Å². The van der Waals surface area contributed by atoms with Gasteiger partial charge in [-0.3, -0.25) is 0 Å². The van der Waals surface area contributed by atoms with Crippen LogP contribution in [0.1, 0.15) is 22.9 Å². The lowest BCUT2D eigenvalue weighted by molar-refractivity contribution is 0.674. The minimum Gasteiger partial charge on any atom is -0.344 e. The molecule has 0 spiro atoms. The van der Waals surface area contributed by atoms with Crippen LogP contribution in [0.5, 0.6) is 0 Å². The third-order valence-corrected chi connectivity index (χ3v) is 10.9. The normalized spacial score (nSPS) is 14.6. The van der Waals surface area contributed by atoms with Gasteiger partial charge >= 0.3 is 0 Å². The number of fused-ring (bicyclic) bond motifs is 7. The predicted molar refractivity (Wildman–Crippen MR) is 211 cm³/mol. The number of benzene rings is 7. The number of aromatic nitrogens is 1. The van der Waals surface area contributed by atoms with Crippen molar-refractivity contribution in [3.63, 3.8) is 0 Å². The van der Waals surface area contributed by atoms with Crippen LogP contribution in [0.2, 0.25) is 0 Å². The standard InChI is InChI=1S/C45H30N4S/c1-4-12-29(13-5-1)33-22-25-37-39(28-33)49(38-27-26-36-35-18-10-11-19-40(35)50-42(36)41(37)38)34-23-20-32(21-24-34)45-47-43(30-14-6-2-7-15-30)46-44(48-45)31-16-8-3-9-17-31/h1-28,43H,(H,46,47,48). The number of hydrogen-bond donors (Lipinski definition) is 1. The highest BCUT2D eigenvalue weighted by molar-refractivity contribution is 7.26. The molecular weight excluding hydrogens is 629 g/mol. The lowest BCUT2D eigenvalue weighted by Gasteiger charge is -2.23. The molecule has 7 aromatic carbocycles. The van der Waals surface area contributed by atoms with Crippen LogP contribution in [0, 0.1) is 0 Å². The van der Waals surface area contributed by atoms with Crippen LogP contribution in [0.15, 0.2) is 180 Å². The van der Waals surface area contributed by atoms with Gasteiger partial charge in [0.25, 0.3) is 0 Å². The molecule has 236 valence electrons. The molecule has 1 atom stereocenters. The van der Waals surface area contributed by atoms with Gasteiger partial charge in [-0.1, -0.05) is 127 Å². The van der Waals surface area contributed by atoms with Crippen molar-refractivity contribution >= 4 is 65.0 Å². The van der Waals surface area contributed by atoms with E-state index in [0.717, 1.165) is 28.2 Å². The average Bonchev–Trinajstić information content (AvgIpc) is 3.74. The van der Waals surface area contributed by atoms with E-state index in [2.05, 4.69) is 155 Å². The molecule has 10 rings (SSSR count). The summed E-state index contributed by atoms with van der Waals surface area (Å²) in [6.45, 7) is 0. The molecule has 2 aromatic heterocycles. The number of hydrogen-bond acceptors (Lipinski definition) is 4. The van der Waals surface area contributed by atoms with Crippen LogP contribution in [0.4, 0.5) is 0 Å². The van der Waals surface area contributed by atoms with Crippen LogP contribution >= 0.6 is 11.3 Å². The SMILES string of the molecule is c1ccc(C2=NC(c3ccc(-n4c5cc(-c6ccccc6)ccc5c5c6sc7ccccc7c6ccc54)cc3)=NC(c3ccccc3)N2)cc1. The number of rotatable bonds is 5. The molecule has 0 aliphatic carbocycles. The van der Waals surface area contributed by atoms with E-state index in [1.165, 1.54) is 53.1 Å². The third-order valence-electron chi connectivity index (χ3n) is 9.67. The van der Waals surface area contributed by atoms with Crippen molar-refractivity contribution in [1.82, 2.24) is 9.88 Å². The molecule has 3 heterocycles. The van der Waals surface area contributed by atoms with Gasteiger partial charge in [0.15, 0.2) is 5.84 Å². The van der Waals surface area contributed by atoms with Gasteiger partial charge in [-0.25, -0.2) is 9.98 Å². The molecule has 9 aromatic rings. The average molecular weight is 659 g/mol. The van der Waals surface area contributed by atoms with Gasteiger partial charge < -0.3 is 9.88 Å². The summed E-state index contributed by atoms with van der Waals surface area (Å²) in [7, 11) is 0. The molecule has 5 heteroatoms. The Balaban J connectivity index is 1.15. The van der Waals surface area contributed by atoms with Crippen molar-refractivity contribution in [2.24, 2.45) is 9.98 Å². The molecule has 1 N–H and O–H groups in total. The molecule has 0 saturated carbocycles. The molecule has 1 aliphatic rings. The number of nitrogens with one attached hydrogen (secondary N) is 1. The van der Waals surface area contributed by atoms with Gasteiger partial charge in [0.2, 0.25) is 0 Å². The van der Waals surface area contributed by atoms with Gasteiger partial charge in [-0.2, -0.15) is 0 Å². The molecular formula is C45H30N4S. The largest absolute Gasteiger partial charge is 0.344 e. The zero-order valence-electron chi connectivity index (χ0n) is 27.0. The highest BCUT2D eigenvalue weighted by atomic mass is 32.1. The molecule has 50 heavy (non-hydrogen) atoms. The molecule has 0 bridgehead atoms. The van der Waals surface area contributed by atoms with E-state index in [1.54, 1.807) is 0 Å². The third kappa shape index (κ3) is 4.74. The lowest BCUT2D eigenvalue weighted by Crippen LogP contribution is -2.33. The molecule has 0 saturated heterocycles. The summed E-state index contributed by atoms with van der Waals surface area (Å²) >= 11 is 1.88. The van der Waals surface area contributed by atoms with Gasteiger partial charge in [0.05, 0.1) is 11.0 Å². The molecule has 0 fully saturated rings. The zero-order chi connectivity index (χ0) is 33.0. The van der Waals surface area contributed by atoms with Crippen LogP contribution in [-0.4, -0.2) is 16.2 Å². The number of aliphatic imine (C=N–C) groups is 2. The maximum atomic E-state index is 5.10. The number of thiophene rings is 1. The summed E-state index contributed by atoms with van der Waals surface area (Å²) in [5.41, 5.74) is 8.99. The Hall–Kier alpha value is -6.30. The summed E-state index contributed by atoms with van der Waals surface area (Å²) in [6, 6.07) is 60.2. The minimum absolute atomic E-state index is 0.240. The summed E-state index contributed by atoms with van der Waals surface area (Å²) in [5, 5.41) is 8.74. The molecule has 0 amide bonds. The van der Waals surface area contributed by atoms with Gasteiger partial charge in [0, 0.05) is 47.8 Å². The Morgan fingerprint density at radius 1 is 0.520 bits per heavy atom. The Labute approximate surface area is 293 Å². The second-order valence-corrected chi connectivity index (χ2v) is 13.7. The van der Waals surface area contributed by atoms with Crippen molar-refractivity contribution in [2.45, 2.75) is 6.17 Å². The summed E-state index contributed by atoms with van der Waals surface area (Å²) in [4.78, 5) is 10.1. The highest BCUT2D eigenvalue weighted by Gasteiger charge is 2.22. The Bertz CT molecular complexity index is 2760. The van der Waals surface area contributed by atoms with Crippen molar-refractivity contribution in [2.75, 3.05) is 0 Å². The van der Waals surface area contributed by atoms with Crippen molar-refractivity contribution in [1.29, 1.82) is 0 Å². The number of nitrogens with zero attached hydrogens (tertiary/aromatic N) is 3. The molecule has 1 unspecified atom stereocenters. The maximum absolute atomic E-state index is 5.10. The summed E-state index contributed by atoms with van der Waals surface area (Å²) < 4.78 is 5.06. The molecule has 0 radical (unpaired) electrons. The highest BCUT2D eigenvalue weighted by Crippen LogP contribution is 2.44. The van der Waals surface area contributed by atoms with E-state index in [0.29, 0.717) is 5.84 Å². The van der Waals surface area contributed by atoms with E-state index < -0.39 is 0 Å². The fourth-order valence-electron chi connectivity index (χ4n) is 7.26. The Kier molecular flexibility index (Phi) is 6.71. The quantitative estimate of drug-likeness (QED) is 0.196. The van der Waals surface area contributed by atoms with Crippen molar-refractivity contribution < 1.29 is 0 Å². The monoisotopic (exact) mass is 658 g/mol. The Morgan fingerprint density at radius 3 is 1.96 bits per heavy atom. The first-order valence-electron chi connectivity index (χ1n) is 16.9. The van der Waals surface area contributed by atoms with E-state index in [4.69, 9.17) is 9.98 Å². The van der Waals surface area contributed by atoms with Gasteiger partial charge in [-0.15, -0.1) is 11.3 Å². The molecule has 4 nitrogen and oxygen atoms in total. The molecule has 1 aliphatic heterocycles.